The molecule has 0 aromatic heterocycles. The van der Waals surface area contributed by atoms with E-state index in [0.29, 0.717) is 6.61 Å². The van der Waals surface area contributed by atoms with E-state index in [1.165, 1.54) is 0 Å². The van der Waals surface area contributed by atoms with E-state index in [9.17, 15) is 0 Å². The molecule has 0 heterocycles. The maximum atomic E-state index is 5.50. The highest BCUT2D eigenvalue weighted by Crippen LogP contribution is 2.07. The van der Waals surface area contributed by atoms with Crippen LogP contribution in [0.4, 0.5) is 0 Å². The number of aliphatic imine (C=N–C) groups is 1. The Morgan fingerprint density at radius 3 is 2.56 bits per heavy atom. The first kappa shape index (κ1) is 15.0. The molecule has 5 heteroatoms. The van der Waals surface area contributed by atoms with Crippen molar-refractivity contribution in [2.24, 2.45) is 4.99 Å². The van der Waals surface area contributed by atoms with Crippen LogP contribution in [0.15, 0.2) is 35.3 Å². The normalized spacial score (nSPS) is 10.2. The maximum Gasteiger partial charge on any atom is 0.190 e. The number of nitrogens with one attached hydrogen (secondary N) is 2. The number of nitrogens with zero attached hydrogens (tertiary/aromatic N) is 1. The predicted molar refractivity (Wildman–Crippen MR) is 77.8 cm³/mol. The van der Waals surface area contributed by atoms with Crippen LogP contribution in [0.3, 0.4) is 0 Å². The molecule has 0 unspecified atom stereocenters. The molecule has 0 bridgehead atoms. The van der Waals surface area contributed by atoms with Crippen LogP contribution in [0, 0.1) is 0 Å². The minimum atomic E-state index is 0. The van der Waals surface area contributed by atoms with Crippen molar-refractivity contribution < 1.29 is 4.74 Å². The highest BCUT2D eigenvalue weighted by molar-refractivity contribution is 14.0. The highest BCUT2D eigenvalue weighted by atomic mass is 127. The molecule has 4 nitrogen and oxygen atoms in total. The molecule has 1 rings (SSSR count). The smallest absolute Gasteiger partial charge is 0.190 e. The lowest BCUT2D eigenvalue weighted by atomic mass is 10.3. The van der Waals surface area contributed by atoms with Crippen molar-refractivity contribution in [3.63, 3.8) is 0 Å². The Kier molecular flexibility index (Phi) is 8.69. The molecule has 0 saturated heterocycles. The second-order valence-corrected chi connectivity index (χ2v) is 2.91. The van der Waals surface area contributed by atoms with Gasteiger partial charge >= 0.3 is 0 Å². The van der Waals surface area contributed by atoms with Crippen LogP contribution in [-0.4, -0.2) is 33.2 Å². The van der Waals surface area contributed by atoms with Gasteiger partial charge in [0.1, 0.15) is 12.4 Å². The summed E-state index contributed by atoms with van der Waals surface area (Å²) < 4.78 is 5.50. The summed E-state index contributed by atoms with van der Waals surface area (Å²) in [4.78, 5) is 3.99. The number of para-hydroxylation sites is 1. The van der Waals surface area contributed by atoms with Gasteiger partial charge in [0.25, 0.3) is 0 Å². The van der Waals surface area contributed by atoms with E-state index in [4.69, 9.17) is 4.74 Å². The van der Waals surface area contributed by atoms with Crippen molar-refractivity contribution >= 4 is 29.9 Å². The van der Waals surface area contributed by atoms with Gasteiger partial charge in [-0.15, -0.1) is 24.0 Å². The van der Waals surface area contributed by atoms with Gasteiger partial charge in [0.05, 0.1) is 6.54 Å². The third kappa shape index (κ3) is 5.79. The van der Waals surface area contributed by atoms with Crippen LogP contribution in [-0.2, 0) is 0 Å². The number of hydrogen-bond donors (Lipinski definition) is 2. The SMILES string of the molecule is CN=C(NC)NCCOc1ccccc1.I. The molecular formula is C11H18IN3O. The molecule has 0 aliphatic heterocycles. The van der Waals surface area contributed by atoms with Gasteiger partial charge in [0.15, 0.2) is 5.96 Å². The lowest BCUT2D eigenvalue weighted by Crippen LogP contribution is -2.37. The Hall–Kier alpha value is -0.980. The Balaban J connectivity index is 0.00000225. The molecule has 0 saturated carbocycles. The average molecular weight is 335 g/mol. The molecule has 0 aliphatic carbocycles. The Morgan fingerprint density at radius 1 is 1.31 bits per heavy atom. The van der Waals surface area contributed by atoms with Crippen LogP contribution in [0.1, 0.15) is 0 Å². The lowest BCUT2D eigenvalue weighted by Gasteiger charge is -2.09. The summed E-state index contributed by atoms with van der Waals surface area (Å²) in [5.41, 5.74) is 0. The Bertz CT molecular complexity index is 303. The zero-order valence-electron chi connectivity index (χ0n) is 9.56. The topological polar surface area (TPSA) is 45.7 Å². The minimum Gasteiger partial charge on any atom is -0.492 e. The van der Waals surface area contributed by atoms with E-state index in [1.54, 1.807) is 7.05 Å². The summed E-state index contributed by atoms with van der Waals surface area (Å²) in [6.07, 6.45) is 0. The van der Waals surface area contributed by atoms with Gasteiger partial charge in [-0.25, -0.2) is 0 Å². The van der Waals surface area contributed by atoms with Gasteiger partial charge in [-0.2, -0.15) is 0 Å². The van der Waals surface area contributed by atoms with Crippen molar-refractivity contribution in [1.82, 2.24) is 10.6 Å². The van der Waals surface area contributed by atoms with Crippen LogP contribution in [0.5, 0.6) is 5.75 Å². The van der Waals surface area contributed by atoms with Gasteiger partial charge in [0.2, 0.25) is 0 Å². The number of benzene rings is 1. The third-order valence-electron chi connectivity index (χ3n) is 1.87. The second-order valence-electron chi connectivity index (χ2n) is 2.91. The molecule has 1 aromatic rings. The monoisotopic (exact) mass is 335 g/mol. The summed E-state index contributed by atoms with van der Waals surface area (Å²) in [5, 5.41) is 6.04. The van der Waals surface area contributed by atoms with E-state index >= 15 is 0 Å². The van der Waals surface area contributed by atoms with Crippen molar-refractivity contribution in [3.05, 3.63) is 30.3 Å². The molecule has 0 amide bonds. The molecule has 2 N–H and O–H groups in total. The number of rotatable bonds is 4. The molecule has 0 radical (unpaired) electrons. The van der Waals surface area contributed by atoms with Crippen LogP contribution in [0.25, 0.3) is 0 Å². The lowest BCUT2D eigenvalue weighted by molar-refractivity contribution is 0.322. The molecule has 0 atom stereocenters. The molecule has 1 aromatic carbocycles. The van der Waals surface area contributed by atoms with Crippen LogP contribution >= 0.6 is 24.0 Å². The van der Waals surface area contributed by atoms with Crippen molar-refractivity contribution in [3.8, 4) is 5.75 Å². The fourth-order valence-corrected chi connectivity index (χ4v) is 1.13. The van der Waals surface area contributed by atoms with Crippen molar-refractivity contribution in [2.75, 3.05) is 27.2 Å². The zero-order valence-corrected chi connectivity index (χ0v) is 11.9. The van der Waals surface area contributed by atoms with E-state index < -0.39 is 0 Å². The first-order valence-electron chi connectivity index (χ1n) is 4.93. The molecule has 16 heavy (non-hydrogen) atoms. The molecule has 0 fully saturated rings. The standard InChI is InChI=1S/C11H17N3O.HI/c1-12-11(13-2)14-8-9-15-10-6-4-3-5-7-10;/h3-7H,8-9H2,1-2H3,(H2,12,13,14);1H. The fraction of sp³-hybridized carbons (Fsp3) is 0.364. The van der Waals surface area contributed by atoms with E-state index in [2.05, 4.69) is 15.6 Å². The molecule has 0 aliphatic rings. The summed E-state index contributed by atoms with van der Waals surface area (Å²) in [6.45, 7) is 1.34. The minimum absolute atomic E-state index is 0. The van der Waals surface area contributed by atoms with E-state index in [-0.39, 0.29) is 24.0 Å². The fourth-order valence-electron chi connectivity index (χ4n) is 1.13. The number of halogens is 1. The summed E-state index contributed by atoms with van der Waals surface area (Å²) in [6, 6.07) is 9.75. The molecular weight excluding hydrogens is 317 g/mol. The van der Waals surface area contributed by atoms with Crippen LogP contribution < -0.4 is 15.4 Å². The largest absolute Gasteiger partial charge is 0.492 e. The van der Waals surface area contributed by atoms with Crippen molar-refractivity contribution in [1.29, 1.82) is 0 Å². The summed E-state index contributed by atoms with van der Waals surface area (Å²) in [7, 11) is 3.56. The quantitative estimate of drug-likeness (QED) is 0.379. The zero-order chi connectivity index (χ0) is 10.9. The third-order valence-corrected chi connectivity index (χ3v) is 1.87. The number of guanidine groups is 1. The number of ether oxygens (including phenoxy) is 1. The van der Waals surface area contributed by atoms with E-state index in [0.717, 1.165) is 18.3 Å². The van der Waals surface area contributed by atoms with Gasteiger partial charge in [-0.05, 0) is 12.1 Å². The average Bonchev–Trinajstić information content (AvgIpc) is 2.31. The van der Waals surface area contributed by atoms with Gasteiger partial charge < -0.3 is 15.4 Å². The van der Waals surface area contributed by atoms with Gasteiger partial charge in [-0.1, -0.05) is 18.2 Å². The van der Waals surface area contributed by atoms with Gasteiger partial charge in [-0.3, -0.25) is 4.99 Å². The highest BCUT2D eigenvalue weighted by Gasteiger charge is 1.93. The van der Waals surface area contributed by atoms with Crippen LogP contribution in [0.2, 0.25) is 0 Å². The Morgan fingerprint density at radius 2 is 2.00 bits per heavy atom. The first-order chi connectivity index (χ1) is 7.36. The van der Waals surface area contributed by atoms with E-state index in [1.807, 2.05) is 37.4 Å². The molecule has 0 spiro atoms. The number of hydrogen-bond acceptors (Lipinski definition) is 2. The summed E-state index contributed by atoms with van der Waals surface area (Å²) >= 11 is 0. The first-order valence-corrected chi connectivity index (χ1v) is 4.93. The Labute approximate surface area is 114 Å². The van der Waals surface area contributed by atoms with Crippen molar-refractivity contribution in [2.45, 2.75) is 0 Å². The summed E-state index contributed by atoms with van der Waals surface area (Å²) in [5.74, 6) is 1.66. The maximum absolute atomic E-state index is 5.50. The van der Waals surface area contributed by atoms with Gasteiger partial charge in [0, 0.05) is 14.1 Å². The second kappa shape index (κ2) is 9.26. The predicted octanol–water partition coefficient (Wildman–Crippen LogP) is 1.48. The molecule has 90 valence electrons.